The van der Waals surface area contributed by atoms with Crippen LogP contribution in [0.3, 0.4) is 0 Å². The minimum Gasteiger partial charge on any atom is -0.323 e. The zero-order chi connectivity index (χ0) is 7.21. The Kier molecular flexibility index (Phi) is 15.4. The molecule has 0 aromatic carbocycles. The molecule has 62 valence electrons. The monoisotopic (exact) mass is 338 g/mol. The Morgan fingerprint density at radius 1 is 1.22 bits per heavy atom. The Balaban J connectivity index is -0.0000000800. The second-order valence-electron chi connectivity index (χ2n) is 0.948. The molecule has 0 unspecified atom stereocenters. The van der Waals surface area contributed by atoms with Crippen molar-refractivity contribution in [3.8, 4) is 0 Å². The van der Waals surface area contributed by atoms with E-state index in [-0.39, 0.29) is 21.1 Å². The third kappa shape index (κ3) is 1350. The molecule has 0 spiro atoms. The SMILES string of the molecule is CNC.O=S(=O)(O)O.[Pt]. The Morgan fingerprint density at radius 3 is 1.22 bits per heavy atom. The fourth-order valence-electron chi connectivity index (χ4n) is 0. The zero-order valence-corrected chi connectivity index (χ0v) is 8.02. The molecular formula is C2H9NO4PtS. The summed E-state index contributed by atoms with van der Waals surface area (Å²) < 4.78 is 31.6. The van der Waals surface area contributed by atoms with Gasteiger partial charge in [-0.05, 0) is 14.1 Å². The number of hydrogen-bond donors (Lipinski definition) is 3. The Bertz CT molecular complexity index is 113. The van der Waals surface area contributed by atoms with Crippen molar-refractivity contribution in [2.75, 3.05) is 14.1 Å². The van der Waals surface area contributed by atoms with E-state index in [9.17, 15) is 0 Å². The van der Waals surface area contributed by atoms with E-state index in [4.69, 9.17) is 17.5 Å². The molecule has 0 bridgehead atoms. The van der Waals surface area contributed by atoms with Gasteiger partial charge in [0.1, 0.15) is 0 Å². The van der Waals surface area contributed by atoms with Gasteiger partial charge in [0.25, 0.3) is 0 Å². The van der Waals surface area contributed by atoms with E-state index >= 15 is 0 Å². The van der Waals surface area contributed by atoms with Crippen molar-refractivity contribution < 1.29 is 38.6 Å². The van der Waals surface area contributed by atoms with Crippen molar-refractivity contribution in [3.05, 3.63) is 0 Å². The molecule has 0 heterocycles. The molecule has 3 N–H and O–H groups in total. The average Bonchev–Trinajstić information content (AvgIpc) is 1.27. The fourth-order valence-corrected chi connectivity index (χ4v) is 0. The summed E-state index contributed by atoms with van der Waals surface area (Å²) >= 11 is 0. The molecular weight excluding hydrogens is 329 g/mol. The Morgan fingerprint density at radius 2 is 1.22 bits per heavy atom. The van der Waals surface area contributed by atoms with Crippen LogP contribution in [0.2, 0.25) is 0 Å². The maximum Gasteiger partial charge on any atom is 0.394 e. The van der Waals surface area contributed by atoms with Gasteiger partial charge in [-0.3, -0.25) is 9.11 Å². The van der Waals surface area contributed by atoms with Gasteiger partial charge in [0.05, 0.1) is 0 Å². The maximum absolute atomic E-state index is 8.74. The van der Waals surface area contributed by atoms with Crippen LogP contribution < -0.4 is 5.32 Å². The molecule has 0 aliphatic carbocycles. The average molecular weight is 338 g/mol. The smallest absolute Gasteiger partial charge is 0.323 e. The van der Waals surface area contributed by atoms with Crippen molar-refractivity contribution in [1.82, 2.24) is 5.32 Å². The predicted molar refractivity (Wildman–Crippen MR) is 29.2 cm³/mol. The van der Waals surface area contributed by atoms with Gasteiger partial charge in [-0.25, -0.2) is 0 Å². The van der Waals surface area contributed by atoms with E-state index in [2.05, 4.69) is 5.32 Å². The molecule has 0 radical (unpaired) electrons. The molecule has 5 nitrogen and oxygen atoms in total. The van der Waals surface area contributed by atoms with Crippen molar-refractivity contribution in [2.24, 2.45) is 0 Å². The van der Waals surface area contributed by atoms with Crippen LogP contribution in [0.4, 0.5) is 0 Å². The van der Waals surface area contributed by atoms with Crippen LogP contribution >= 0.6 is 0 Å². The fraction of sp³-hybridized carbons (Fsp3) is 1.00. The molecule has 0 atom stereocenters. The van der Waals surface area contributed by atoms with Crippen LogP contribution in [0.1, 0.15) is 0 Å². The summed E-state index contributed by atoms with van der Waals surface area (Å²) in [7, 11) is -0.917. The number of nitrogens with one attached hydrogen (secondary N) is 1. The van der Waals surface area contributed by atoms with Crippen LogP contribution in [0.15, 0.2) is 0 Å². The van der Waals surface area contributed by atoms with Crippen molar-refractivity contribution in [2.45, 2.75) is 0 Å². The van der Waals surface area contributed by atoms with Crippen molar-refractivity contribution in [1.29, 1.82) is 0 Å². The molecule has 0 rings (SSSR count). The minimum absolute atomic E-state index is 0. The first-order valence-corrected chi connectivity index (χ1v) is 3.10. The summed E-state index contributed by atoms with van der Waals surface area (Å²) in [6, 6.07) is 0. The molecule has 0 aromatic rings. The maximum atomic E-state index is 8.74. The van der Waals surface area contributed by atoms with Crippen LogP contribution in [-0.2, 0) is 31.5 Å². The predicted octanol–water partition coefficient (Wildman–Crippen LogP) is -0.820. The third-order valence-corrected chi connectivity index (χ3v) is 0. The second kappa shape index (κ2) is 8.52. The van der Waals surface area contributed by atoms with Gasteiger partial charge >= 0.3 is 10.4 Å². The quantitative estimate of drug-likeness (QED) is 0.503. The van der Waals surface area contributed by atoms with Gasteiger partial charge in [0.2, 0.25) is 0 Å². The van der Waals surface area contributed by atoms with Gasteiger partial charge < -0.3 is 5.32 Å². The Labute approximate surface area is 68.7 Å². The second-order valence-corrected chi connectivity index (χ2v) is 1.84. The van der Waals surface area contributed by atoms with Gasteiger partial charge in [-0.15, -0.1) is 0 Å². The molecule has 0 fully saturated rings. The zero-order valence-electron chi connectivity index (χ0n) is 4.94. The van der Waals surface area contributed by atoms with Gasteiger partial charge in [0, 0.05) is 21.1 Å². The van der Waals surface area contributed by atoms with Crippen LogP contribution in [-0.4, -0.2) is 31.6 Å². The first-order chi connectivity index (χ1) is 3.41. The first-order valence-electron chi connectivity index (χ1n) is 1.70. The summed E-state index contributed by atoms with van der Waals surface area (Å²) in [6.07, 6.45) is 0. The molecule has 0 aromatic heterocycles. The molecule has 0 aliphatic rings. The molecule has 7 heteroatoms. The topological polar surface area (TPSA) is 86.6 Å². The number of rotatable bonds is 0. The molecule has 0 amide bonds. The number of hydrogen-bond acceptors (Lipinski definition) is 3. The minimum atomic E-state index is -4.67. The summed E-state index contributed by atoms with van der Waals surface area (Å²) in [5.41, 5.74) is 0. The first kappa shape index (κ1) is 16.3. The van der Waals surface area contributed by atoms with E-state index in [1.807, 2.05) is 14.1 Å². The summed E-state index contributed by atoms with van der Waals surface area (Å²) in [6.45, 7) is 0. The largest absolute Gasteiger partial charge is 0.394 e. The summed E-state index contributed by atoms with van der Waals surface area (Å²) in [5.74, 6) is 0. The van der Waals surface area contributed by atoms with Crippen LogP contribution in [0.5, 0.6) is 0 Å². The molecule has 0 saturated heterocycles. The van der Waals surface area contributed by atoms with Gasteiger partial charge in [-0.2, -0.15) is 8.42 Å². The van der Waals surface area contributed by atoms with Crippen LogP contribution in [0.25, 0.3) is 0 Å². The molecule has 9 heavy (non-hydrogen) atoms. The van der Waals surface area contributed by atoms with E-state index in [0.717, 1.165) is 0 Å². The Hall–Kier alpha value is 0.518. The van der Waals surface area contributed by atoms with Crippen molar-refractivity contribution in [3.63, 3.8) is 0 Å². The summed E-state index contributed by atoms with van der Waals surface area (Å²) in [5, 5.41) is 2.75. The normalized spacial score (nSPS) is 8.44. The van der Waals surface area contributed by atoms with Crippen LogP contribution in [0, 0.1) is 0 Å². The van der Waals surface area contributed by atoms with Gasteiger partial charge in [-0.1, -0.05) is 0 Å². The molecule has 0 saturated carbocycles. The van der Waals surface area contributed by atoms with Gasteiger partial charge in [0.15, 0.2) is 0 Å². The molecule has 0 aliphatic heterocycles. The van der Waals surface area contributed by atoms with E-state index in [0.29, 0.717) is 0 Å². The standard InChI is InChI=1S/C2H7N.H2O4S.Pt/c1-3-2;1-5(2,3)4;/h3H,1-2H3;(H2,1,2,3,4);. The summed E-state index contributed by atoms with van der Waals surface area (Å²) in [4.78, 5) is 0. The van der Waals surface area contributed by atoms with E-state index in [1.54, 1.807) is 0 Å². The van der Waals surface area contributed by atoms with E-state index < -0.39 is 10.4 Å². The third-order valence-electron chi connectivity index (χ3n) is 0. The van der Waals surface area contributed by atoms with E-state index in [1.165, 1.54) is 0 Å². The van der Waals surface area contributed by atoms with Crippen molar-refractivity contribution >= 4 is 10.4 Å².